The van der Waals surface area contributed by atoms with E-state index in [-0.39, 0.29) is 11.0 Å². The third kappa shape index (κ3) is 4.90. The van der Waals surface area contributed by atoms with Crippen LogP contribution in [-0.4, -0.2) is 17.7 Å². The lowest BCUT2D eigenvalue weighted by Crippen LogP contribution is -2.41. The van der Waals surface area contributed by atoms with Crippen LogP contribution in [-0.2, 0) is 31.1 Å². The topological polar surface area (TPSA) is 61.8 Å². The summed E-state index contributed by atoms with van der Waals surface area (Å²) in [7, 11) is 0. The molecule has 30 heavy (non-hydrogen) atoms. The maximum Gasteiger partial charge on any atom is 0.348 e. The molecule has 0 aliphatic carbocycles. The van der Waals surface area contributed by atoms with E-state index < -0.39 is 17.7 Å². The smallest absolute Gasteiger partial charge is 0.348 e. The van der Waals surface area contributed by atoms with Crippen molar-refractivity contribution in [3.8, 4) is 5.75 Å². The minimum absolute atomic E-state index is 0.149. The van der Waals surface area contributed by atoms with Crippen molar-refractivity contribution in [1.82, 2.24) is 0 Å². The summed E-state index contributed by atoms with van der Waals surface area (Å²) in [4.78, 5) is 24.9. The normalized spacial score (nSPS) is 16.0. The van der Waals surface area contributed by atoms with E-state index in [1.807, 2.05) is 43.3 Å². The molecule has 1 fully saturated rings. The molecule has 3 rings (SSSR count). The molecule has 5 nitrogen and oxygen atoms in total. The number of benzene rings is 2. The van der Waals surface area contributed by atoms with Gasteiger partial charge >= 0.3 is 11.9 Å². The van der Waals surface area contributed by atoms with Gasteiger partial charge in [-0.1, -0.05) is 57.2 Å². The zero-order chi connectivity index (χ0) is 22.1. The standard InChI is InChI=1S/C25H28O5/c1-16-12-18(14-19-22(26)29-25(5,6)30-23(19)27)21(20(13-16)24(2,3)4)28-15-17-10-8-7-9-11-17/h7-14H,15H2,1-6H3. The van der Waals surface area contributed by atoms with Gasteiger partial charge in [-0.15, -0.1) is 0 Å². The monoisotopic (exact) mass is 408 g/mol. The van der Waals surface area contributed by atoms with Crippen LogP contribution in [0.5, 0.6) is 5.75 Å². The molecule has 1 aliphatic heterocycles. The van der Waals surface area contributed by atoms with Crippen molar-refractivity contribution in [2.45, 2.75) is 59.4 Å². The second-order valence-corrected chi connectivity index (χ2v) is 8.99. The van der Waals surface area contributed by atoms with Crippen molar-refractivity contribution in [3.05, 3.63) is 70.3 Å². The molecule has 0 bridgehead atoms. The van der Waals surface area contributed by atoms with Gasteiger partial charge in [-0.2, -0.15) is 0 Å². The van der Waals surface area contributed by atoms with Crippen LogP contribution in [0.4, 0.5) is 0 Å². The molecule has 0 saturated carbocycles. The Morgan fingerprint density at radius 1 is 1.00 bits per heavy atom. The molecule has 2 aromatic rings. The zero-order valence-electron chi connectivity index (χ0n) is 18.4. The van der Waals surface area contributed by atoms with E-state index in [9.17, 15) is 9.59 Å². The van der Waals surface area contributed by atoms with Gasteiger partial charge in [0.1, 0.15) is 17.9 Å². The quantitative estimate of drug-likeness (QED) is 0.401. The van der Waals surface area contributed by atoms with E-state index in [0.717, 1.165) is 16.7 Å². The van der Waals surface area contributed by atoms with Crippen LogP contribution in [0.2, 0.25) is 0 Å². The largest absolute Gasteiger partial charge is 0.488 e. The molecule has 0 N–H and O–H groups in total. The number of carbonyl (C=O) groups is 2. The number of rotatable bonds is 4. The second-order valence-electron chi connectivity index (χ2n) is 8.99. The van der Waals surface area contributed by atoms with Crippen molar-refractivity contribution < 1.29 is 23.8 Å². The Bertz CT molecular complexity index is 972. The van der Waals surface area contributed by atoms with E-state index in [0.29, 0.717) is 17.9 Å². The molecule has 0 aromatic heterocycles. The highest BCUT2D eigenvalue weighted by Crippen LogP contribution is 2.37. The summed E-state index contributed by atoms with van der Waals surface area (Å²) < 4.78 is 16.7. The van der Waals surface area contributed by atoms with Gasteiger partial charge in [-0.05, 0) is 35.6 Å². The van der Waals surface area contributed by atoms with E-state index in [2.05, 4.69) is 26.8 Å². The highest BCUT2D eigenvalue weighted by molar-refractivity contribution is 6.19. The Hall–Kier alpha value is -3.08. The lowest BCUT2D eigenvalue weighted by molar-refractivity contribution is -0.222. The first kappa shape index (κ1) is 21.6. The lowest BCUT2D eigenvalue weighted by atomic mass is 9.84. The van der Waals surface area contributed by atoms with Crippen LogP contribution in [0.1, 0.15) is 56.9 Å². The van der Waals surface area contributed by atoms with Crippen molar-refractivity contribution in [3.63, 3.8) is 0 Å². The number of esters is 2. The van der Waals surface area contributed by atoms with E-state index in [4.69, 9.17) is 14.2 Å². The first-order valence-corrected chi connectivity index (χ1v) is 9.96. The molecule has 0 spiro atoms. The number of ether oxygens (including phenoxy) is 3. The average Bonchev–Trinajstić information content (AvgIpc) is 2.62. The Morgan fingerprint density at radius 3 is 2.17 bits per heavy atom. The number of cyclic esters (lactones) is 2. The Kier molecular flexibility index (Phi) is 5.75. The SMILES string of the molecule is Cc1cc(C=C2C(=O)OC(C)(C)OC2=O)c(OCc2ccccc2)c(C(C)(C)C)c1. The van der Waals surface area contributed by atoms with Crippen LogP contribution >= 0.6 is 0 Å². The minimum Gasteiger partial charge on any atom is -0.488 e. The van der Waals surface area contributed by atoms with Gasteiger partial charge in [0.15, 0.2) is 0 Å². The van der Waals surface area contributed by atoms with Gasteiger partial charge in [-0.25, -0.2) is 9.59 Å². The van der Waals surface area contributed by atoms with Crippen LogP contribution in [0.3, 0.4) is 0 Å². The van der Waals surface area contributed by atoms with Crippen LogP contribution in [0, 0.1) is 6.92 Å². The highest BCUT2D eigenvalue weighted by atomic mass is 16.7. The number of hydrogen-bond acceptors (Lipinski definition) is 5. The molecule has 5 heteroatoms. The van der Waals surface area contributed by atoms with Crippen molar-refractivity contribution in [2.24, 2.45) is 0 Å². The number of aryl methyl sites for hydroxylation is 1. The fourth-order valence-electron chi connectivity index (χ4n) is 3.29. The molecular weight excluding hydrogens is 380 g/mol. The summed E-state index contributed by atoms with van der Waals surface area (Å²) in [5.74, 6) is -2.05. The highest BCUT2D eigenvalue weighted by Gasteiger charge is 2.39. The molecule has 0 radical (unpaired) electrons. The van der Waals surface area contributed by atoms with Crippen LogP contribution < -0.4 is 4.74 Å². The van der Waals surface area contributed by atoms with Crippen LogP contribution in [0.15, 0.2) is 48.0 Å². The third-order valence-electron chi connectivity index (χ3n) is 4.71. The van der Waals surface area contributed by atoms with E-state index in [1.54, 1.807) is 0 Å². The summed E-state index contributed by atoms with van der Waals surface area (Å²) in [5, 5.41) is 0. The predicted molar refractivity (Wildman–Crippen MR) is 115 cm³/mol. The van der Waals surface area contributed by atoms with Gasteiger partial charge in [0.05, 0.1) is 0 Å². The van der Waals surface area contributed by atoms with Gasteiger partial charge in [-0.3, -0.25) is 0 Å². The summed E-state index contributed by atoms with van der Waals surface area (Å²) in [6.07, 6.45) is 1.50. The van der Waals surface area contributed by atoms with E-state index >= 15 is 0 Å². The zero-order valence-corrected chi connectivity index (χ0v) is 18.4. The molecule has 1 heterocycles. The fourth-order valence-corrected chi connectivity index (χ4v) is 3.29. The third-order valence-corrected chi connectivity index (χ3v) is 4.71. The van der Waals surface area contributed by atoms with Crippen molar-refractivity contribution >= 4 is 18.0 Å². The summed E-state index contributed by atoms with van der Waals surface area (Å²) in [6, 6.07) is 13.8. The average molecular weight is 408 g/mol. The molecule has 2 aromatic carbocycles. The molecule has 1 aliphatic rings. The molecule has 158 valence electrons. The van der Waals surface area contributed by atoms with Crippen molar-refractivity contribution in [2.75, 3.05) is 0 Å². The fraction of sp³-hybridized carbons (Fsp3) is 0.360. The number of carbonyl (C=O) groups excluding carboxylic acids is 2. The maximum atomic E-state index is 12.4. The second kappa shape index (κ2) is 7.98. The molecule has 0 amide bonds. The summed E-state index contributed by atoms with van der Waals surface area (Å²) in [6.45, 7) is 11.7. The molecular formula is C25H28O5. The molecule has 0 atom stereocenters. The first-order valence-electron chi connectivity index (χ1n) is 9.96. The Morgan fingerprint density at radius 2 is 1.60 bits per heavy atom. The molecule has 0 unspecified atom stereocenters. The van der Waals surface area contributed by atoms with Gasteiger partial charge in [0.2, 0.25) is 0 Å². The summed E-state index contributed by atoms with van der Waals surface area (Å²) >= 11 is 0. The summed E-state index contributed by atoms with van der Waals surface area (Å²) in [5.41, 5.74) is 3.29. The van der Waals surface area contributed by atoms with E-state index in [1.165, 1.54) is 19.9 Å². The van der Waals surface area contributed by atoms with Crippen LogP contribution in [0.25, 0.3) is 6.08 Å². The predicted octanol–water partition coefficient (Wildman–Crippen LogP) is 5.09. The first-order chi connectivity index (χ1) is 14.0. The Balaban J connectivity index is 2.08. The van der Waals surface area contributed by atoms with Gasteiger partial charge in [0.25, 0.3) is 5.79 Å². The van der Waals surface area contributed by atoms with Gasteiger partial charge in [0, 0.05) is 25.0 Å². The lowest BCUT2D eigenvalue weighted by Gasteiger charge is -2.30. The number of hydrogen-bond donors (Lipinski definition) is 0. The Labute approximate surface area is 177 Å². The van der Waals surface area contributed by atoms with Crippen molar-refractivity contribution in [1.29, 1.82) is 0 Å². The molecule has 1 saturated heterocycles. The minimum atomic E-state index is -1.28. The maximum absolute atomic E-state index is 12.4. The van der Waals surface area contributed by atoms with Gasteiger partial charge < -0.3 is 14.2 Å².